The van der Waals surface area contributed by atoms with Gasteiger partial charge >= 0.3 is 5.97 Å². The highest BCUT2D eigenvalue weighted by atomic mass is 19.1. The first-order valence-electron chi connectivity index (χ1n) is 6.06. The highest BCUT2D eigenvalue weighted by Gasteiger charge is 2.27. The number of anilines is 1. The van der Waals surface area contributed by atoms with Crippen LogP contribution in [0.25, 0.3) is 0 Å². The molecular weight excluding hydrogens is 251 g/mol. The molecule has 0 aliphatic heterocycles. The smallest absolute Gasteiger partial charge is 0.338 e. The van der Waals surface area contributed by atoms with Crippen LogP contribution >= 0.6 is 0 Å². The van der Waals surface area contributed by atoms with Crippen LogP contribution in [0.4, 0.5) is 10.1 Å². The highest BCUT2D eigenvalue weighted by Crippen LogP contribution is 2.25. The van der Waals surface area contributed by atoms with E-state index < -0.39 is 17.3 Å². The minimum absolute atomic E-state index is 0.0403. The number of carbonyl (C=O) groups excluding carboxylic acids is 1. The average Bonchev–Trinajstić information content (AvgIpc) is 2.78. The molecule has 0 bridgehead atoms. The van der Waals surface area contributed by atoms with E-state index in [-0.39, 0.29) is 23.6 Å². The quantitative estimate of drug-likeness (QED) is 0.774. The van der Waals surface area contributed by atoms with Gasteiger partial charge in [-0.2, -0.15) is 0 Å². The fourth-order valence-corrected chi connectivity index (χ4v) is 2.27. The van der Waals surface area contributed by atoms with E-state index in [2.05, 4.69) is 5.32 Å². The fraction of sp³-hybridized carbons (Fsp3) is 0.385. The molecule has 0 radical (unpaired) electrons. The topological polar surface area (TPSA) is 92.4 Å². The lowest BCUT2D eigenvalue weighted by Gasteiger charge is -2.11. The number of carboxylic acids is 1. The Hall–Kier alpha value is -1.95. The maximum atomic E-state index is 13.2. The van der Waals surface area contributed by atoms with Crippen LogP contribution in [0.15, 0.2) is 18.2 Å². The van der Waals surface area contributed by atoms with Crippen molar-refractivity contribution in [3.05, 3.63) is 29.6 Å². The van der Waals surface area contributed by atoms with Crippen molar-refractivity contribution in [1.29, 1.82) is 0 Å². The number of carboxylic acid groups (broad SMARTS) is 1. The van der Waals surface area contributed by atoms with E-state index in [1.165, 1.54) is 6.07 Å². The van der Waals surface area contributed by atoms with Crippen molar-refractivity contribution in [3.63, 3.8) is 0 Å². The summed E-state index contributed by atoms with van der Waals surface area (Å²) in [6.45, 7) is 0. The van der Waals surface area contributed by atoms with E-state index in [4.69, 9.17) is 10.8 Å². The zero-order valence-electron chi connectivity index (χ0n) is 10.2. The molecule has 6 heteroatoms. The number of aromatic carboxylic acids is 1. The molecule has 19 heavy (non-hydrogen) atoms. The first-order chi connectivity index (χ1) is 8.97. The molecule has 1 aliphatic carbocycles. The Morgan fingerprint density at radius 2 is 2.11 bits per heavy atom. The normalized spacial score (nSPS) is 22.2. The number of amides is 1. The predicted octanol–water partition coefficient (Wildman–Crippen LogP) is 1.59. The molecule has 1 aromatic rings. The number of nitrogens with two attached hydrogens (primary N) is 1. The van der Waals surface area contributed by atoms with Gasteiger partial charge in [0.2, 0.25) is 5.91 Å². The van der Waals surface area contributed by atoms with Crippen molar-refractivity contribution in [3.8, 4) is 0 Å². The zero-order valence-corrected chi connectivity index (χ0v) is 10.2. The Morgan fingerprint density at radius 3 is 2.68 bits per heavy atom. The lowest BCUT2D eigenvalue weighted by Crippen LogP contribution is -2.23. The van der Waals surface area contributed by atoms with Gasteiger partial charge in [-0.15, -0.1) is 0 Å². The second-order valence-corrected chi connectivity index (χ2v) is 4.76. The van der Waals surface area contributed by atoms with Crippen molar-refractivity contribution < 1.29 is 19.1 Å². The number of halogens is 1. The van der Waals surface area contributed by atoms with Gasteiger partial charge < -0.3 is 16.2 Å². The Labute approximate surface area is 109 Å². The molecule has 2 atom stereocenters. The molecule has 1 aliphatic rings. The molecule has 1 aromatic carbocycles. The second kappa shape index (κ2) is 5.36. The van der Waals surface area contributed by atoms with Gasteiger partial charge in [-0.3, -0.25) is 4.79 Å². The third kappa shape index (κ3) is 3.08. The van der Waals surface area contributed by atoms with Gasteiger partial charge in [0.15, 0.2) is 0 Å². The van der Waals surface area contributed by atoms with Gasteiger partial charge in [0, 0.05) is 17.6 Å². The Bertz CT molecular complexity index is 519. The third-order valence-electron chi connectivity index (χ3n) is 3.31. The molecule has 1 saturated carbocycles. The molecule has 5 nitrogen and oxygen atoms in total. The molecule has 4 N–H and O–H groups in total. The molecular formula is C13H15FN2O3. The van der Waals surface area contributed by atoms with Crippen LogP contribution in [-0.4, -0.2) is 23.0 Å². The number of rotatable bonds is 3. The molecule has 0 aromatic heterocycles. The van der Waals surface area contributed by atoms with Crippen LogP contribution in [-0.2, 0) is 4.79 Å². The summed E-state index contributed by atoms with van der Waals surface area (Å²) >= 11 is 0. The molecule has 2 unspecified atom stereocenters. The lowest BCUT2D eigenvalue weighted by molar-refractivity contribution is -0.119. The summed E-state index contributed by atoms with van der Waals surface area (Å²) in [7, 11) is 0. The van der Waals surface area contributed by atoms with E-state index in [9.17, 15) is 14.0 Å². The van der Waals surface area contributed by atoms with Gasteiger partial charge in [-0.25, -0.2) is 9.18 Å². The number of benzene rings is 1. The van der Waals surface area contributed by atoms with E-state index in [0.717, 1.165) is 25.0 Å². The minimum atomic E-state index is -1.36. The highest BCUT2D eigenvalue weighted by molar-refractivity contribution is 5.95. The van der Waals surface area contributed by atoms with Gasteiger partial charge in [0.1, 0.15) is 5.82 Å². The molecule has 1 fully saturated rings. The van der Waals surface area contributed by atoms with Crippen LogP contribution in [0, 0.1) is 11.7 Å². The lowest BCUT2D eigenvalue weighted by atomic mass is 10.1. The number of hydrogen-bond acceptors (Lipinski definition) is 3. The largest absolute Gasteiger partial charge is 0.478 e. The van der Waals surface area contributed by atoms with Gasteiger partial charge in [0.05, 0.1) is 5.56 Å². The van der Waals surface area contributed by atoms with Crippen molar-refractivity contribution in [2.24, 2.45) is 11.7 Å². The monoisotopic (exact) mass is 266 g/mol. The van der Waals surface area contributed by atoms with Crippen LogP contribution in [0.5, 0.6) is 0 Å². The van der Waals surface area contributed by atoms with Crippen LogP contribution < -0.4 is 11.1 Å². The van der Waals surface area contributed by atoms with E-state index in [0.29, 0.717) is 6.42 Å². The maximum absolute atomic E-state index is 13.2. The van der Waals surface area contributed by atoms with E-state index in [1.807, 2.05) is 0 Å². The summed E-state index contributed by atoms with van der Waals surface area (Å²) < 4.78 is 13.2. The number of carbonyl (C=O) groups is 2. The van der Waals surface area contributed by atoms with Crippen molar-refractivity contribution in [2.75, 3.05) is 5.32 Å². The third-order valence-corrected chi connectivity index (χ3v) is 3.31. The minimum Gasteiger partial charge on any atom is -0.478 e. The fourth-order valence-electron chi connectivity index (χ4n) is 2.27. The first-order valence-corrected chi connectivity index (χ1v) is 6.06. The summed E-state index contributed by atoms with van der Waals surface area (Å²) in [6.07, 6.45) is 2.15. The predicted molar refractivity (Wildman–Crippen MR) is 67.3 cm³/mol. The van der Waals surface area contributed by atoms with Crippen LogP contribution in [0.2, 0.25) is 0 Å². The summed E-state index contributed by atoms with van der Waals surface area (Å²) in [5.74, 6) is -2.55. The Kier molecular flexibility index (Phi) is 3.80. The maximum Gasteiger partial charge on any atom is 0.338 e. The molecule has 2 rings (SSSR count). The zero-order chi connectivity index (χ0) is 14.0. The molecule has 102 valence electrons. The number of nitrogens with one attached hydrogen (secondary N) is 1. The van der Waals surface area contributed by atoms with Crippen molar-refractivity contribution in [2.45, 2.75) is 25.3 Å². The molecule has 0 heterocycles. The molecule has 1 amide bonds. The molecule has 0 saturated heterocycles. The van der Waals surface area contributed by atoms with Crippen molar-refractivity contribution in [1.82, 2.24) is 0 Å². The Morgan fingerprint density at radius 1 is 1.37 bits per heavy atom. The standard InChI is InChI=1S/C13H15FN2O3/c14-11-4-3-9(6-10(11)13(18)19)16-12(17)7-1-2-8(15)5-7/h3-4,6-8H,1-2,5,15H2,(H,16,17)(H,18,19). The molecule has 0 spiro atoms. The van der Waals surface area contributed by atoms with Crippen molar-refractivity contribution >= 4 is 17.6 Å². The summed E-state index contributed by atoms with van der Waals surface area (Å²) in [4.78, 5) is 22.7. The number of hydrogen-bond donors (Lipinski definition) is 3. The average molecular weight is 266 g/mol. The van der Waals surface area contributed by atoms with Gasteiger partial charge in [-0.1, -0.05) is 0 Å². The first kappa shape index (κ1) is 13.5. The van der Waals surface area contributed by atoms with E-state index >= 15 is 0 Å². The van der Waals surface area contributed by atoms with Gasteiger partial charge in [0.25, 0.3) is 0 Å². The summed E-state index contributed by atoms with van der Waals surface area (Å²) in [5, 5.41) is 11.4. The van der Waals surface area contributed by atoms with Crippen LogP contribution in [0.3, 0.4) is 0 Å². The van der Waals surface area contributed by atoms with Gasteiger partial charge in [-0.05, 0) is 37.5 Å². The van der Waals surface area contributed by atoms with Crippen LogP contribution in [0.1, 0.15) is 29.6 Å². The Balaban J connectivity index is 2.09. The second-order valence-electron chi connectivity index (χ2n) is 4.76. The summed E-state index contributed by atoms with van der Waals surface area (Å²) in [6, 6.07) is 3.52. The van der Waals surface area contributed by atoms with E-state index in [1.54, 1.807) is 0 Å². The SMILES string of the molecule is NC1CCC(C(=O)Nc2ccc(F)c(C(=O)O)c2)C1. The summed E-state index contributed by atoms with van der Waals surface area (Å²) in [5.41, 5.74) is 5.56.